The van der Waals surface area contributed by atoms with Crippen molar-refractivity contribution in [3.8, 4) is 11.5 Å². The Morgan fingerprint density at radius 1 is 1.03 bits per heavy atom. The predicted molar refractivity (Wildman–Crippen MR) is 119 cm³/mol. The van der Waals surface area contributed by atoms with Gasteiger partial charge in [0.1, 0.15) is 0 Å². The Bertz CT molecular complexity index is 804. The highest BCUT2D eigenvalue weighted by atomic mass is 16.5. The zero-order valence-corrected chi connectivity index (χ0v) is 17.5. The van der Waals surface area contributed by atoms with Gasteiger partial charge in [-0.1, -0.05) is 18.2 Å². The zero-order valence-electron chi connectivity index (χ0n) is 17.5. The molecule has 1 aliphatic rings. The van der Waals surface area contributed by atoms with Gasteiger partial charge >= 0.3 is 0 Å². The number of nitrogens with two attached hydrogens (primary N) is 1. The first-order valence-electron chi connectivity index (χ1n) is 9.93. The molecule has 1 unspecified atom stereocenters. The van der Waals surface area contributed by atoms with Crippen LogP contribution in [0.4, 0.5) is 11.4 Å². The molecule has 2 aromatic carbocycles. The van der Waals surface area contributed by atoms with E-state index in [4.69, 9.17) is 15.2 Å². The molecule has 0 bridgehead atoms. The molecule has 0 spiro atoms. The molecule has 1 aliphatic heterocycles. The minimum Gasteiger partial charge on any atom is -0.493 e. The van der Waals surface area contributed by atoms with E-state index in [2.05, 4.69) is 57.4 Å². The summed E-state index contributed by atoms with van der Waals surface area (Å²) in [6, 6.07) is 16.5. The average molecular weight is 398 g/mol. The molecule has 7 nitrogen and oxygen atoms in total. The number of nitrogens with one attached hydrogen (secondary N) is 1. The number of para-hydroxylation sites is 1. The van der Waals surface area contributed by atoms with Crippen LogP contribution in [0, 0.1) is 0 Å². The number of aliphatic imine (C=N–C) groups is 1. The Hall–Kier alpha value is -2.93. The van der Waals surface area contributed by atoms with Gasteiger partial charge in [0.05, 0.1) is 20.8 Å². The van der Waals surface area contributed by atoms with Crippen LogP contribution >= 0.6 is 0 Å². The number of nitrogens with zero attached hydrogens (tertiary/aromatic N) is 3. The maximum Gasteiger partial charge on any atom is 0.193 e. The van der Waals surface area contributed by atoms with Gasteiger partial charge in [0.25, 0.3) is 0 Å². The fourth-order valence-corrected chi connectivity index (χ4v) is 3.51. The van der Waals surface area contributed by atoms with Gasteiger partial charge in [0.2, 0.25) is 0 Å². The standard InChI is InChI=1S/C22H31N5O2/c1-17(26-11-13-27(14-12-26)19-7-5-4-6-8-19)16-24-22(23)25-18-9-10-20(28-2)21(15-18)29-3/h4-10,15,17H,11-14,16H2,1-3H3,(H3,23,24,25). The van der Waals surface area contributed by atoms with Crippen molar-refractivity contribution in [3.63, 3.8) is 0 Å². The van der Waals surface area contributed by atoms with Gasteiger partial charge < -0.3 is 25.4 Å². The highest BCUT2D eigenvalue weighted by Crippen LogP contribution is 2.29. The Morgan fingerprint density at radius 3 is 2.38 bits per heavy atom. The lowest BCUT2D eigenvalue weighted by Crippen LogP contribution is -2.50. The fraction of sp³-hybridized carbons (Fsp3) is 0.409. The molecular formula is C22H31N5O2. The minimum atomic E-state index is 0.332. The fourth-order valence-electron chi connectivity index (χ4n) is 3.51. The topological polar surface area (TPSA) is 75.4 Å². The first-order valence-corrected chi connectivity index (χ1v) is 9.93. The number of ether oxygens (including phenoxy) is 2. The minimum absolute atomic E-state index is 0.332. The summed E-state index contributed by atoms with van der Waals surface area (Å²) in [5.41, 5.74) is 8.19. The molecular weight excluding hydrogens is 366 g/mol. The monoisotopic (exact) mass is 397 g/mol. The number of rotatable bonds is 7. The predicted octanol–water partition coefficient (Wildman–Crippen LogP) is 2.64. The van der Waals surface area contributed by atoms with Crippen molar-refractivity contribution in [1.82, 2.24) is 4.90 Å². The molecule has 2 aromatic rings. The van der Waals surface area contributed by atoms with Crippen molar-refractivity contribution in [3.05, 3.63) is 48.5 Å². The third-order valence-corrected chi connectivity index (χ3v) is 5.24. The summed E-state index contributed by atoms with van der Waals surface area (Å²) in [5.74, 6) is 1.72. The number of piperazine rings is 1. The molecule has 0 amide bonds. The maximum absolute atomic E-state index is 6.08. The molecule has 3 rings (SSSR count). The van der Waals surface area contributed by atoms with Crippen LogP contribution < -0.4 is 25.4 Å². The van der Waals surface area contributed by atoms with Crippen LogP contribution in [0.2, 0.25) is 0 Å². The largest absolute Gasteiger partial charge is 0.493 e. The van der Waals surface area contributed by atoms with Gasteiger partial charge in [-0.05, 0) is 31.2 Å². The van der Waals surface area contributed by atoms with E-state index >= 15 is 0 Å². The number of methoxy groups -OCH3 is 2. The first-order chi connectivity index (χ1) is 14.1. The molecule has 0 radical (unpaired) electrons. The van der Waals surface area contributed by atoms with Crippen molar-refractivity contribution >= 4 is 17.3 Å². The second-order valence-electron chi connectivity index (χ2n) is 7.13. The number of hydrogen-bond acceptors (Lipinski definition) is 5. The van der Waals surface area contributed by atoms with E-state index in [1.54, 1.807) is 14.2 Å². The lowest BCUT2D eigenvalue weighted by molar-refractivity contribution is 0.201. The van der Waals surface area contributed by atoms with Gasteiger partial charge in [-0.2, -0.15) is 0 Å². The van der Waals surface area contributed by atoms with E-state index in [9.17, 15) is 0 Å². The smallest absolute Gasteiger partial charge is 0.193 e. The normalized spacial score (nSPS) is 16.4. The van der Waals surface area contributed by atoms with Crippen LogP contribution in [0.3, 0.4) is 0 Å². The van der Waals surface area contributed by atoms with Crippen LogP contribution in [-0.4, -0.2) is 63.8 Å². The van der Waals surface area contributed by atoms with Crippen molar-refractivity contribution in [2.45, 2.75) is 13.0 Å². The molecule has 1 fully saturated rings. The summed E-state index contributed by atoms with van der Waals surface area (Å²) < 4.78 is 10.6. The average Bonchev–Trinajstić information content (AvgIpc) is 2.78. The number of hydrogen-bond donors (Lipinski definition) is 2. The van der Waals surface area contributed by atoms with Crippen LogP contribution in [0.15, 0.2) is 53.5 Å². The summed E-state index contributed by atoms with van der Waals surface area (Å²) in [7, 11) is 3.22. The van der Waals surface area contributed by atoms with Crippen LogP contribution in [0.25, 0.3) is 0 Å². The highest BCUT2D eigenvalue weighted by Gasteiger charge is 2.21. The summed E-state index contributed by atoms with van der Waals surface area (Å²) >= 11 is 0. The van der Waals surface area contributed by atoms with Gasteiger partial charge in [-0.25, -0.2) is 0 Å². The molecule has 0 saturated carbocycles. The quantitative estimate of drug-likeness (QED) is 0.553. The van der Waals surface area contributed by atoms with E-state index < -0.39 is 0 Å². The molecule has 3 N–H and O–H groups in total. The number of anilines is 2. The van der Waals surface area contributed by atoms with E-state index in [0.29, 0.717) is 30.0 Å². The van der Waals surface area contributed by atoms with Crippen LogP contribution in [0.5, 0.6) is 11.5 Å². The molecule has 0 aliphatic carbocycles. The third-order valence-electron chi connectivity index (χ3n) is 5.24. The summed E-state index contributed by atoms with van der Waals surface area (Å²) in [6.07, 6.45) is 0. The molecule has 29 heavy (non-hydrogen) atoms. The van der Waals surface area contributed by atoms with Crippen molar-refractivity contribution in [2.24, 2.45) is 10.7 Å². The molecule has 1 saturated heterocycles. The molecule has 0 aromatic heterocycles. The van der Waals surface area contributed by atoms with E-state index in [1.165, 1.54) is 5.69 Å². The van der Waals surface area contributed by atoms with Crippen molar-refractivity contribution in [1.29, 1.82) is 0 Å². The summed E-state index contributed by atoms with van der Waals surface area (Å²) in [6.45, 7) is 6.95. The summed E-state index contributed by atoms with van der Waals surface area (Å²) in [5, 5.41) is 3.12. The Kier molecular flexibility index (Phi) is 7.19. The van der Waals surface area contributed by atoms with Crippen LogP contribution in [0.1, 0.15) is 6.92 Å². The SMILES string of the molecule is COc1ccc(NC(N)=NCC(C)N2CCN(c3ccccc3)CC2)cc1OC. The van der Waals surface area contributed by atoms with E-state index in [0.717, 1.165) is 31.9 Å². The third kappa shape index (κ3) is 5.54. The number of guanidine groups is 1. The van der Waals surface area contributed by atoms with E-state index in [1.807, 2.05) is 18.2 Å². The second kappa shape index (κ2) is 10.0. The Labute approximate surface area is 173 Å². The second-order valence-corrected chi connectivity index (χ2v) is 7.13. The lowest BCUT2D eigenvalue weighted by Gasteiger charge is -2.38. The van der Waals surface area contributed by atoms with Gasteiger partial charge in [0, 0.05) is 49.7 Å². The highest BCUT2D eigenvalue weighted by molar-refractivity contribution is 5.92. The van der Waals surface area contributed by atoms with Gasteiger partial charge in [-0.15, -0.1) is 0 Å². The molecule has 1 atom stereocenters. The maximum atomic E-state index is 6.08. The molecule has 7 heteroatoms. The van der Waals surface area contributed by atoms with Gasteiger partial charge in [-0.3, -0.25) is 9.89 Å². The van der Waals surface area contributed by atoms with Crippen molar-refractivity contribution in [2.75, 3.05) is 57.2 Å². The number of benzene rings is 2. The lowest BCUT2D eigenvalue weighted by atomic mass is 10.2. The Morgan fingerprint density at radius 2 is 1.72 bits per heavy atom. The van der Waals surface area contributed by atoms with Crippen molar-refractivity contribution < 1.29 is 9.47 Å². The first kappa shape index (κ1) is 20.8. The molecule has 1 heterocycles. The molecule has 156 valence electrons. The Balaban J connectivity index is 1.49. The van der Waals surface area contributed by atoms with E-state index in [-0.39, 0.29) is 0 Å². The zero-order chi connectivity index (χ0) is 20.6. The van der Waals surface area contributed by atoms with Gasteiger partial charge in [0.15, 0.2) is 17.5 Å². The van der Waals surface area contributed by atoms with Crippen LogP contribution in [-0.2, 0) is 0 Å². The summed E-state index contributed by atoms with van der Waals surface area (Å²) in [4.78, 5) is 9.42.